The van der Waals surface area contributed by atoms with E-state index in [1.165, 1.54) is 32.1 Å². The molecule has 0 saturated heterocycles. The molecular weight excluding hydrogens is 311 g/mol. The van der Waals surface area contributed by atoms with E-state index in [-0.39, 0.29) is 5.60 Å². The molecule has 1 fully saturated rings. The summed E-state index contributed by atoms with van der Waals surface area (Å²) < 4.78 is 7.53. The molecule has 0 radical (unpaired) electrons. The quantitative estimate of drug-likeness (QED) is 0.516. The molecule has 0 aromatic carbocycles. The first-order chi connectivity index (χ1) is 7.47. The highest BCUT2D eigenvalue weighted by atomic mass is 127. The Balaban J connectivity index is 2.47. The van der Waals surface area contributed by atoms with Crippen LogP contribution in [0.5, 0.6) is 0 Å². The second-order valence-electron chi connectivity index (χ2n) is 6.06. The number of halogens is 1. The van der Waals surface area contributed by atoms with Crippen molar-refractivity contribution in [1.82, 2.24) is 0 Å². The van der Waals surface area contributed by atoms with Crippen LogP contribution in [0, 0.1) is 11.8 Å². The summed E-state index contributed by atoms with van der Waals surface area (Å²) in [5, 5.41) is 0. The van der Waals surface area contributed by atoms with Gasteiger partial charge in [-0.2, -0.15) is 0 Å². The van der Waals surface area contributed by atoms with Gasteiger partial charge in [0.25, 0.3) is 0 Å². The van der Waals surface area contributed by atoms with Gasteiger partial charge in [-0.05, 0) is 50.9 Å². The molecule has 0 aromatic heterocycles. The maximum atomic E-state index is 6.38. The zero-order chi connectivity index (χ0) is 12.2. The van der Waals surface area contributed by atoms with Crippen molar-refractivity contribution in [3.8, 4) is 0 Å². The molecule has 0 amide bonds. The Labute approximate surface area is 115 Å². The lowest BCUT2D eigenvalue weighted by atomic mass is 9.80. The van der Waals surface area contributed by atoms with Crippen molar-refractivity contribution < 1.29 is 4.74 Å². The first-order valence-corrected chi connectivity index (χ1v) is 8.24. The average Bonchev–Trinajstić information content (AvgIpc) is 2.21. The fourth-order valence-electron chi connectivity index (χ4n) is 2.71. The van der Waals surface area contributed by atoms with E-state index in [4.69, 9.17) is 4.74 Å². The van der Waals surface area contributed by atoms with E-state index in [9.17, 15) is 0 Å². The Morgan fingerprint density at radius 1 is 1.25 bits per heavy atom. The fourth-order valence-corrected chi connectivity index (χ4v) is 3.65. The zero-order valence-electron chi connectivity index (χ0n) is 11.3. The van der Waals surface area contributed by atoms with Gasteiger partial charge in [0.05, 0.1) is 11.7 Å². The lowest BCUT2D eigenvalue weighted by molar-refractivity contribution is -0.101. The summed E-state index contributed by atoms with van der Waals surface area (Å²) in [5.41, 5.74) is 0.196. The molecule has 1 saturated carbocycles. The zero-order valence-corrected chi connectivity index (χ0v) is 13.4. The van der Waals surface area contributed by atoms with E-state index in [0.29, 0.717) is 6.10 Å². The molecule has 1 nitrogen and oxygen atoms in total. The summed E-state index contributed by atoms with van der Waals surface area (Å²) in [6, 6.07) is 0. The molecule has 0 aliphatic heterocycles. The van der Waals surface area contributed by atoms with Crippen LogP contribution in [0.15, 0.2) is 0 Å². The van der Waals surface area contributed by atoms with E-state index in [1.54, 1.807) is 0 Å². The van der Waals surface area contributed by atoms with Gasteiger partial charge in [0.1, 0.15) is 0 Å². The van der Waals surface area contributed by atoms with Crippen LogP contribution in [-0.2, 0) is 4.74 Å². The van der Waals surface area contributed by atoms with Crippen molar-refractivity contribution in [3.63, 3.8) is 0 Å². The summed E-state index contributed by atoms with van der Waals surface area (Å²) in [6.45, 7) is 9.17. The van der Waals surface area contributed by atoms with Crippen LogP contribution in [0.2, 0.25) is 0 Å². The minimum absolute atomic E-state index is 0.196. The van der Waals surface area contributed by atoms with Crippen LogP contribution in [-0.4, -0.2) is 16.1 Å². The molecule has 1 atom stereocenters. The van der Waals surface area contributed by atoms with Crippen molar-refractivity contribution >= 4 is 22.6 Å². The molecular formula is C14H27IO. The van der Waals surface area contributed by atoms with Crippen LogP contribution in [0.1, 0.15) is 59.8 Å². The molecule has 96 valence electrons. The van der Waals surface area contributed by atoms with Crippen LogP contribution in [0.4, 0.5) is 0 Å². The second-order valence-corrected chi connectivity index (χ2v) is 6.82. The van der Waals surface area contributed by atoms with Gasteiger partial charge in [-0.3, -0.25) is 0 Å². The minimum Gasteiger partial charge on any atom is -0.371 e. The SMILES string of the molecule is CC(C)CC(C)OC1(CI)CCC(C)CC1. The predicted octanol–water partition coefficient (Wildman–Crippen LogP) is 4.82. The molecule has 0 bridgehead atoms. The lowest BCUT2D eigenvalue weighted by Gasteiger charge is -2.40. The highest BCUT2D eigenvalue weighted by Gasteiger charge is 2.35. The topological polar surface area (TPSA) is 9.23 Å². The maximum absolute atomic E-state index is 6.38. The van der Waals surface area contributed by atoms with E-state index in [2.05, 4.69) is 50.3 Å². The van der Waals surface area contributed by atoms with Gasteiger partial charge in [0.2, 0.25) is 0 Å². The van der Waals surface area contributed by atoms with Crippen molar-refractivity contribution in [1.29, 1.82) is 0 Å². The predicted molar refractivity (Wildman–Crippen MR) is 79.3 cm³/mol. The second kappa shape index (κ2) is 6.58. The molecule has 0 N–H and O–H groups in total. The Bertz CT molecular complexity index is 195. The van der Waals surface area contributed by atoms with Crippen LogP contribution >= 0.6 is 22.6 Å². The molecule has 1 unspecified atom stereocenters. The van der Waals surface area contributed by atoms with Crippen molar-refractivity contribution in [2.24, 2.45) is 11.8 Å². The third-order valence-corrected chi connectivity index (χ3v) is 5.07. The molecule has 16 heavy (non-hydrogen) atoms. The smallest absolute Gasteiger partial charge is 0.0775 e. The Morgan fingerprint density at radius 2 is 1.81 bits per heavy atom. The van der Waals surface area contributed by atoms with E-state index >= 15 is 0 Å². The normalized spacial score (nSPS) is 33.0. The lowest BCUT2D eigenvalue weighted by Crippen LogP contribution is -2.41. The Morgan fingerprint density at radius 3 is 2.25 bits per heavy atom. The van der Waals surface area contributed by atoms with Crippen LogP contribution in [0.3, 0.4) is 0 Å². The molecule has 1 aliphatic carbocycles. The number of alkyl halides is 1. The molecule has 1 aliphatic rings. The first-order valence-electron chi connectivity index (χ1n) is 6.71. The molecule has 0 heterocycles. The van der Waals surface area contributed by atoms with Crippen LogP contribution < -0.4 is 0 Å². The summed E-state index contributed by atoms with van der Waals surface area (Å²) in [5.74, 6) is 1.64. The number of hydrogen-bond donors (Lipinski definition) is 0. The van der Waals surface area contributed by atoms with Gasteiger partial charge in [-0.1, -0.05) is 43.4 Å². The third-order valence-electron chi connectivity index (χ3n) is 3.68. The minimum atomic E-state index is 0.196. The summed E-state index contributed by atoms with van der Waals surface area (Å²) in [4.78, 5) is 0. The van der Waals surface area contributed by atoms with Gasteiger partial charge in [0, 0.05) is 4.43 Å². The van der Waals surface area contributed by atoms with Crippen LogP contribution in [0.25, 0.3) is 0 Å². The average molecular weight is 338 g/mol. The molecule has 0 spiro atoms. The van der Waals surface area contributed by atoms with E-state index < -0.39 is 0 Å². The summed E-state index contributed by atoms with van der Waals surface area (Å²) >= 11 is 2.51. The monoisotopic (exact) mass is 338 g/mol. The van der Waals surface area contributed by atoms with Crippen molar-refractivity contribution in [2.75, 3.05) is 4.43 Å². The van der Waals surface area contributed by atoms with Gasteiger partial charge in [0.15, 0.2) is 0 Å². The van der Waals surface area contributed by atoms with Crippen molar-refractivity contribution in [3.05, 3.63) is 0 Å². The first kappa shape index (κ1) is 14.7. The highest BCUT2D eigenvalue weighted by molar-refractivity contribution is 14.1. The highest BCUT2D eigenvalue weighted by Crippen LogP contribution is 2.37. The van der Waals surface area contributed by atoms with Gasteiger partial charge < -0.3 is 4.74 Å². The number of rotatable bonds is 5. The van der Waals surface area contributed by atoms with Gasteiger partial charge in [-0.15, -0.1) is 0 Å². The number of ether oxygens (including phenoxy) is 1. The molecule has 0 aromatic rings. The molecule has 1 rings (SSSR count). The largest absolute Gasteiger partial charge is 0.371 e. The maximum Gasteiger partial charge on any atom is 0.0775 e. The standard InChI is InChI=1S/C14H27IO/c1-11(2)9-13(4)16-14(10-15)7-5-12(3)6-8-14/h11-13H,5-10H2,1-4H3. The summed E-state index contributed by atoms with van der Waals surface area (Å²) in [7, 11) is 0. The van der Waals surface area contributed by atoms with Gasteiger partial charge >= 0.3 is 0 Å². The summed E-state index contributed by atoms with van der Waals surface area (Å²) in [6.07, 6.45) is 6.82. The van der Waals surface area contributed by atoms with E-state index in [0.717, 1.165) is 16.3 Å². The van der Waals surface area contributed by atoms with Crippen molar-refractivity contribution in [2.45, 2.75) is 71.5 Å². The fraction of sp³-hybridized carbons (Fsp3) is 1.00. The molecule has 2 heteroatoms. The Hall–Kier alpha value is 0.690. The number of hydrogen-bond acceptors (Lipinski definition) is 1. The third kappa shape index (κ3) is 4.52. The Kier molecular flexibility index (Phi) is 6.06. The van der Waals surface area contributed by atoms with Gasteiger partial charge in [-0.25, -0.2) is 0 Å². The van der Waals surface area contributed by atoms with E-state index in [1.807, 2.05) is 0 Å².